The Balaban J connectivity index is 0.00000256. The number of nitrogens with one attached hydrogen (secondary N) is 1. The van der Waals surface area contributed by atoms with Crippen LogP contribution in [0.25, 0.3) is 0 Å². The highest BCUT2D eigenvalue weighted by Crippen LogP contribution is 2.27. The predicted molar refractivity (Wildman–Crippen MR) is 131 cm³/mol. The first-order valence-electron chi connectivity index (χ1n) is 11.0. The highest BCUT2D eigenvalue weighted by Gasteiger charge is 2.28. The average Bonchev–Trinajstić information content (AvgIpc) is 3.52. The van der Waals surface area contributed by atoms with Gasteiger partial charge in [-0.15, -0.1) is 24.0 Å². The van der Waals surface area contributed by atoms with Crippen molar-refractivity contribution < 1.29 is 4.42 Å². The number of hydrogen-bond donors (Lipinski definition) is 1. The van der Waals surface area contributed by atoms with Crippen LogP contribution < -0.4 is 5.32 Å². The summed E-state index contributed by atoms with van der Waals surface area (Å²) in [6.45, 7) is 8.34. The molecule has 2 aromatic rings. The average molecular weight is 526 g/mol. The molecule has 0 aliphatic carbocycles. The first-order valence-corrected chi connectivity index (χ1v) is 11.0. The van der Waals surface area contributed by atoms with E-state index < -0.39 is 0 Å². The zero-order chi connectivity index (χ0) is 20.1. The number of aromatic nitrogens is 2. The van der Waals surface area contributed by atoms with E-state index in [2.05, 4.69) is 33.3 Å². The molecule has 1 N–H and O–H groups in total. The molecule has 166 valence electrons. The number of halogens is 1. The van der Waals surface area contributed by atoms with E-state index in [4.69, 9.17) is 9.41 Å². The molecular formula is C22H35IN6O. The van der Waals surface area contributed by atoms with Gasteiger partial charge in [0.05, 0.1) is 19.0 Å². The lowest BCUT2D eigenvalue weighted by atomic mass is 10.0. The second kappa shape index (κ2) is 11.2. The first kappa shape index (κ1) is 23.1. The third kappa shape index (κ3) is 5.78. The van der Waals surface area contributed by atoms with E-state index in [-0.39, 0.29) is 24.0 Å². The van der Waals surface area contributed by atoms with Crippen LogP contribution in [-0.2, 0) is 13.5 Å². The highest BCUT2D eigenvalue weighted by molar-refractivity contribution is 14.0. The molecule has 2 unspecified atom stereocenters. The van der Waals surface area contributed by atoms with E-state index >= 15 is 0 Å². The number of guanidine groups is 1. The summed E-state index contributed by atoms with van der Waals surface area (Å²) in [7, 11) is 1.99. The molecular weight excluding hydrogens is 491 g/mol. The van der Waals surface area contributed by atoms with Gasteiger partial charge in [0.2, 0.25) is 0 Å². The summed E-state index contributed by atoms with van der Waals surface area (Å²) >= 11 is 0. The van der Waals surface area contributed by atoms with Crippen LogP contribution in [-0.4, -0.2) is 70.9 Å². The Bertz CT molecular complexity index is 789. The molecule has 0 bridgehead atoms. The zero-order valence-corrected chi connectivity index (χ0v) is 20.5. The molecule has 4 rings (SSSR count). The molecule has 0 spiro atoms. The smallest absolute Gasteiger partial charge is 0.194 e. The number of likely N-dealkylation sites (tertiary alicyclic amines) is 2. The summed E-state index contributed by atoms with van der Waals surface area (Å²) in [5.41, 5.74) is 1.33. The monoisotopic (exact) mass is 526 g/mol. The summed E-state index contributed by atoms with van der Waals surface area (Å²) in [5, 5.41) is 7.96. The standard InChI is InChI=1S/C22H34N6O.HI/c1-3-27-11-4-6-20(27)15-24-22(23-10-8-21-7-5-13-29-21)28-12-9-18(17-28)19-14-25-26(2)16-19;/h5,7,13-14,16,18,20H,3-4,6,8-12,15,17H2,1-2H3,(H,23,24);1H. The molecule has 2 aliphatic heterocycles. The summed E-state index contributed by atoms with van der Waals surface area (Å²) in [6, 6.07) is 4.56. The molecule has 2 fully saturated rings. The molecule has 0 amide bonds. The SMILES string of the molecule is CCN1CCCC1CN=C(NCCc1ccco1)N1CCC(c2cnn(C)c2)C1.I. The van der Waals surface area contributed by atoms with Crippen molar-refractivity contribution in [1.82, 2.24) is 24.9 Å². The molecule has 8 heteroatoms. The van der Waals surface area contributed by atoms with Crippen molar-refractivity contribution in [3.05, 3.63) is 42.1 Å². The molecule has 7 nitrogen and oxygen atoms in total. The van der Waals surface area contributed by atoms with Crippen molar-refractivity contribution in [1.29, 1.82) is 0 Å². The van der Waals surface area contributed by atoms with Gasteiger partial charge in [-0.3, -0.25) is 14.6 Å². The Hall–Kier alpha value is -1.55. The fourth-order valence-electron chi connectivity index (χ4n) is 4.61. The van der Waals surface area contributed by atoms with E-state index in [0.29, 0.717) is 12.0 Å². The third-order valence-electron chi connectivity index (χ3n) is 6.28. The Kier molecular flexibility index (Phi) is 8.61. The second-order valence-electron chi connectivity index (χ2n) is 8.22. The molecule has 2 aliphatic rings. The van der Waals surface area contributed by atoms with Crippen molar-refractivity contribution in [2.45, 2.75) is 44.6 Å². The minimum Gasteiger partial charge on any atom is -0.469 e. The van der Waals surface area contributed by atoms with Crippen molar-refractivity contribution in [2.75, 3.05) is 39.3 Å². The van der Waals surface area contributed by atoms with Crippen molar-refractivity contribution in [3.8, 4) is 0 Å². The molecule has 2 saturated heterocycles. The van der Waals surface area contributed by atoms with Gasteiger partial charge in [0.15, 0.2) is 5.96 Å². The fourth-order valence-corrected chi connectivity index (χ4v) is 4.61. The van der Waals surface area contributed by atoms with Crippen LogP contribution in [0.5, 0.6) is 0 Å². The lowest BCUT2D eigenvalue weighted by Gasteiger charge is -2.25. The Morgan fingerprint density at radius 2 is 2.23 bits per heavy atom. The highest BCUT2D eigenvalue weighted by atomic mass is 127. The zero-order valence-electron chi connectivity index (χ0n) is 18.2. The second-order valence-corrected chi connectivity index (χ2v) is 8.22. The number of aliphatic imine (C=N–C) groups is 1. The number of nitrogens with zero attached hydrogens (tertiary/aromatic N) is 5. The van der Waals surface area contributed by atoms with Crippen LogP contribution >= 0.6 is 24.0 Å². The Morgan fingerprint density at radius 3 is 2.97 bits per heavy atom. The Labute approximate surface area is 196 Å². The van der Waals surface area contributed by atoms with Gasteiger partial charge >= 0.3 is 0 Å². The van der Waals surface area contributed by atoms with Gasteiger partial charge in [0.25, 0.3) is 0 Å². The maximum Gasteiger partial charge on any atom is 0.194 e. The maximum atomic E-state index is 5.48. The van der Waals surface area contributed by atoms with Gasteiger partial charge in [-0.05, 0) is 50.0 Å². The molecule has 30 heavy (non-hydrogen) atoms. The lowest BCUT2D eigenvalue weighted by Crippen LogP contribution is -2.42. The summed E-state index contributed by atoms with van der Waals surface area (Å²) in [5.74, 6) is 2.59. The molecule has 2 atom stereocenters. The van der Waals surface area contributed by atoms with Gasteiger partial charge in [-0.25, -0.2) is 0 Å². The van der Waals surface area contributed by atoms with Crippen molar-refractivity contribution >= 4 is 29.9 Å². The predicted octanol–water partition coefficient (Wildman–Crippen LogP) is 3.09. The number of rotatable bonds is 7. The minimum absolute atomic E-state index is 0. The van der Waals surface area contributed by atoms with E-state index in [9.17, 15) is 0 Å². The van der Waals surface area contributed by atoms with Crippen LogP contribution in [0.15, 0.2) is 40.2 Å². The van der Waals surface area contributed by atoms with Crippen molar-refractivity contribution in [3.63, 3.8) is 0 Å². The minimum atomic E-state index is 0. The van der Waals surface area contributed by atoms with Gasteiger partial charge in [-0.1, -0.05) is 6.92 Å². The topological polar surface area (TPSA) is 61.8 Å². The number of furan rings is 1. The first-order chi connectivity index (χ1) is 14.2. The largest absolute Gasteiger partial charge is 0.469 e. The third-order valence-corrected chi connectivity index (χ3v) is 6.28. The number of aryl methyl sites for hydroxylation is 1. The Morgan fingerprint density at radius 1 is 1.33 bits per heavy atom. The lowest BCUT2D eigenvalue weighted by molar-refractivity contribution is 0.272. The van der Waals surface area contributed by atoms with E-state index in [1.54, 1.807) is 6.26 Å². The van der Waals surface area contributed by atoms with Gasteiger partial charge in [-0.2, -0.15) is 5.10 Å². The molecule has 4 heterocycles. The van der Waals surface area contributed by atoms with Gasteiger partial charge in [0.1, 0.15) is 5.76 Å². The number of likely N-dealkylation sites (N-methyl/N-ethyl adjacent to an activating group) is 1. The molecule has 2 aromatic heterocycles. The van der Waals surface area contributed by atoms with Crippen LogP contribution in [0.3, 0.4) is 0 Å². The summed E-state index contributed by atoms with van der Waals surface area (Å²) in [4.78, 5) is 10.1. The van der Waals surface area contributed by atoms with E-state index in [1.807, 2.05) is 30.1 Å². The van der Waals surface area contributed by atoms with Crippen LogP contribution in [0, 0.1) is 0 Å². The van der Waals surface area contributed by atoms with Crippen molar-refractivity contribution in [2.24, 2.45) is 12.0 Å². The maximum absolute atomic E-state index is 5.48. The normalized spacial score (nSPS) is 22.5. The van der Waals surface area contributed by atoms with Crippen LogP contribution in [0.1, 0.15) is 43.4 Å². The quantitative estimate of drug-likeness (QED) is 0.342. The van der Waals surface area contributed by atoms with E-state index in [1.165, 1.54) is 24.9 Å². The van der Waals surface area contributed by atoms with Crippen LogP contribution in [0.4, 0.5) is 0 Å². The van der Waals surface area contributed by atoms with Crippen LogP contribution in [0.2, 0.25) is 0 Å². The van der Waals surface area contributed by atoms with E-state index in [0.717, 1.165) is 57.3 Å². The summed E-state index contributed by atoms with van der Waals surface area (Å²) in [6.07, 6.45) is 10.5. The van der Waals surface area contributed by atoms with Gasteiger partial charge < -0.3 is 14.6 Å². The molecule has 0 saturated carbocycles. The number of hydrogen-bond acceptors (Lipinski definition) is 4. The molecule has 0 radical (unpaired) electrons. The molecule has 0 aromatic carbocycles. The summed E-state index contributed by atoms with van der Waals surface area (Å²) < 4.78 is 7.38. The van der Waals surface area contributed by atoms with Gasteiger partial charge in [0, 0.05) is 51.3 Å². The fraction of sp³-hybridized carbons (Fsp3) is 0.636.